The van der Waals surface area contributed by atoms with E-state index in [-0.39, 0.29) is 24.2 Å². The van der Waals surface area contributed by atoms with Crippen molar-refractivity contribution in [3.05, 3.63) is 28.0 Å². The molecule has 1 N–H and O–H groups in total. The number of likely N-dealkylation sites (tertiary alicyclic amines) is 1. The molecule has 1 amide bonds. The molecule has 0 saturated carbocycles. The van der Waals surface area contributed by atoms with E-state index in [4.69, 9.17) is 5.11 Å². The fourth-order valence-corrected chi connectivity index (χ4v) is 4.58. The van der Waals surface area contributed by atoms with E-state index in [9.17, 15) is 13.2 Å². The second-order valence-corrected chi connectivity index (χ2v) is 8.86. The van der Waals surface area contributed by atoms with E-state index >= 15 is 0 Å². The number of sulfone groups is 1. The lowest BCUT2D eigenvalue weighted by Crippen LogP contribution is -2.41. The van der Waals surface area contributed by atoms with Gasteiger partial charge in [0.25, 0.3) is 0 Å². The zero-order valence-electron chi connectivity index (χ0n) is 12.6. The van der Waals surface area contributed by atoms with Crippen LogP contribution < -0.4 is 0 Å². The summed E-state index contributed by atoms with van der Waals surface area (Å²) in [6.07, 6.45) is 6.20. The molecule has 1 aliphatic rings. The van der Waals surface area contributed by atoms with E-state index in [0.29, 0.717) is 13.1 Å². The van der Waals surface area contributed by atoms with E-state index in [1.165, 1.54) is 23.7 Å². The van der Waals surface area contributed by atoms with Crippen molar-refractivity contribution < 1.29 is 18.3 Å². The minimum absolute atomic E-state index is 0.00240. The van der Waals surface area contributed by atoms with Gasteiger partial charge in [-0.1, -0.05) is 0 Å². The number of aliphatic hydroxyl groups is 1. The van der Waals surface area contributed by atoms with Gasteiger partial charge in [-0.2, -0.15) is 0 Å². The normalized spacial score (nSPS) is 19.7. The van der Waals surface area contributed by atoms with Crippen LogP contribution in [0, 0.1) is 5.92 Å². The summed E-state index contributed by atoms with van der Waals surface area (Å²) >= 11 is 1.47. The van der Waals surface area contributed by atoms with Crippen molar-refractivity contribution in [1.29, 1.82) is 0 Å². The molecular formula is C15H21NO4S2. The van der Waals surface area contributed by atoms with E-state index in [1.807, 2.05) is 11.4 Å². The van der Waals surface area contributed by atoms with Gasteiger partial charge in [-0.15, -0.1) is 11.3 Å². The molecule has 1 aromatic rings. The Morgan fingerprint density at radius 2 is 2.32 bits per heavy atom. The summed E-state index contributed by atoms with van der Waals surface area (Å²) in [4.78, 5) is 14.8. The average Bonchev–Trinajstić information content (AvgIpc) is 2.91. The Labute approximate surface area is 135 Å². The predicted octanol–water partition coefficient (Wildman–Crippen LogP) is 1.54. The third kappa shape index (κ3) is 5.23. The summed E-state index contributed by atoms with van der Waals surface area (Å²) in [5.41, 5.74) is 0.836. The maximum absolute atomic E-state index is 12.2. The second kappa shape index (κ2) is 7.39. The number of rotatable bonds is 5. The lowest BCUT2D eigenvalue weighted by Gasteiger charge is -2.31. The number of carbonyl (C=O) groups excluding carboxylic acids is 1. The summed E-state index contributed by atoms with van der Waals surface area (Å²) in [6, 6.07) is 1.84. The fraction of sp³-hybridized carbons (Fsp3) is 0.533. The van der Waals surface area contributed by atoms with Crippen LogP contribution in [0.25, 0.3) is 6.08 Å². The number of amides is 1. The monoisotopic (exact) mass is 343 g/mol. The van der Waals surface area contributed by atoms with Gasteiger partial charge in [0.2, 0.25) is 5.91 Å². The molecule has 1 aromatic heterocycles. The number of carbonyl (C=O) groups is 1. The molecule has 1 unspecified atom stereocenters. The first-order chi connectivity index (χ1) is 10.4. The van der Waals surface area contributed by atoms with Gasteiger partial charge in [-0.25, -0.2) is 8.42 Å². The molecule has 122 valence electrons. The Bertz CT molecular complexity index is 648. The number of hydrogen-bond acceptors (Lipinski definition) is 5. The van der Waals surface area contributed by atoms with Crippen LogP contribution in [0.5, 0.6) is 0 Å². The molecule has 1 saturated heterocycles. The van der Waals surface area contributed by atoms with Crippen LogP contribution in [0.3, 0.4) is 0 Å². The van der Waals surface area contributed by atoms with Crippen molar-refractivity contribution in [1.82, 2.24) is 4.90 Å². The average molecular weight is 343 g/mol. The zero-order valence-corrected chi connectivity index (χ0v) is 14.2. The van der Waals surface area contributed by atoms with E-state index in [1.54, 1.807) is 11.0 Å². The molecule has 0 aliphatic carbocycles. The van der Waals surface area contributed by atoms with Crippen molar-refractivity contribution in [2.24, 2.45) is 5.92 Å². The van der Waals surface area contributed by atoms with Crippen molar-refractivity contribution in [2.45, 2.75) is 19.4 Å². The molecule has 5 nitrogen and oxygen atoms in total. The zero-order chi connectivity index (χ0) is 16.2. The molecule has 1 aliphatic heterocycles. The minimum Gasteiger partial charge on any atom is -0.392 e. The van der Waals surface area contributed by atoms with Gasteiger partial charge >= 0.3 is 0 Å². The van der Waals surface area contributed by atoms with Crippen LogP contribution >= 0.6 is 11.3 Å². The van der Waals surface area contributed by atoms with Crippen LogP contribution in [-0.4, -0.2) is 49.4 Å². The number of hydrogen-bond donors (Lipinski definition) is 1. The summed E-state index contributed by atoms with van der Waals surface area (Å²) in [5, 5.41) is 10.9. The van der Waals surface area contributed by atoms with Gasteiger partial charge in [-0.05, 0) is 41.8 Å². The Morgan fingerprint density at radius 1 is 1.55 bits per heavy atom. The van der Waals surface area contributed by atoms with Crippen molar-refractivity contribution in [3.63, 3.8) is 0 Å². The molecule has 0 radical (unpaired) electrons. The smallest absolute Gasteiger partial charge is 0.246 e. The minimum atomic E-state index is -3.01. The largest absolute Gasteiger partial charge is 0.392 e. The Kier molecular flexibility index (Phi) is 5.77. The molecule has 7 heteroatoms. The molecule has 0 bridgehead atoms. The predicted molar refractivity (Wildman–Crippen MR) is 88.3 cm³/mol. The summed E-state index contributed by atoms with van der Waals surface area (Å²) < 4.78 is 22.8. The molecule has 1 atom stereocenters. The number of thiophene rings is 1. The maximum atomic E-state index is 12.2. The third-order valence-corrected chi connectivity index (χ3v) is 5.64. The number of nitrogens with zero attached hydrogens (tertiary/aromatic N) is 1. The lowest BCUT2D eigenvalue weighted by atomic mass is 10.00. The molecule has 0 aromatic carbocycles. The first kappa shape index (κ1) is 17.2. The molecule has 22 heavy (non-hydrogen) atoms. The summed E-state index contributed by atoms with van der Waals surface area (Å²) in [5.74, 6) is 0.0895. The van der Waals surface area contributed by atoms with Crippen LogP contribution in [0.15, 0.2) is 17.5 Å². The molecule has 2 heterocycles. The van der Waals surface area contributed by atoms with Crippen LogP contribution in [0.2, 0.25) is 0 Å². The highest BCUT2D eigenvalue weighted by molar-refractivity contribution is 7.90. The van der Waals surface area contributed by atoms with E-state index in [2.05, 4.69) is 0 Å². The lowest BCUT2D eigenvalue weighted by molar-refractivity contribution is -0.127. The van der Waals surface area contributed by atoms with Gasteiger partial charge in [0, 0.05) is 30.3 Å². The molecular weight excluding hydrogens is 322 g/mol. The van der Waals surface area contributed by atoms with Gasteiger partial charge < -0.3 is 10.0 Å². The molecule has 2 rings (SSSR count). The number of piperidine rings is 1. The maximum Gasteiger partial charge on any atom is 0.246 e. The van der Waals surface area contributed by atoms with Crippen molar-refractivity contribution in [3.8, 4) is 0 Å². The highest BCUT2D eigenvalue weighted by Crippen LogP contribution is 2.20. The van der Waals surface area contributed by atoms with Crippen molar-refractivity contribution >= 4 is 33.2 Å². The Morgan fingerprint density at radius 3 is 2.95 bits per heavy atom. The van der Waals surface area contributed by atoms with Gasteiger partial charge in [-0.3, -0.25) is 4.79 Å². The molecule has 1 fully saturated rings. The quantitative estimate of drug-likeness (QED) is 0.823. The molecule has 0 spiro atoms. The fourth-order valence-electron chi connectivity index (χ4n) is 2.65. The Balaban J connectivity index is 1.94. The van der Waals surface area contributed by atoms with Crippen LogP contribution in [-0.2, 0) is 21.2 Å². The standard InChI is InChI=1S/C15H21NO4S2/c1-22(19,20)11-12-3-2-6-16(8-12)15(18)5-4-14-7-13(9-17)10-21-14/h4-5,7,10,12,17H,2-3,6,8-9,11H2,1H3. The number of aliphatic hydroxyl groups excluding tert-OH is 1. The van der Waals surface area contributed by atoms with Gasteiger partial charge in [0.1, 0.15) is 9.84 Å². The topological polar surface area (TPSA) is 74.7 Å². The van der Waals surface area contributed by atoms with E-state index < -0.39 is 9.84 Å². The van der Waals surface area contributed by atoms with Crippen molar-refractivity contribution in [2.75, 3.05) is 25.1 Å². The second-order valence-electron chi connectivity index (χ2n) is 5.73. The first-order valence-corrected chi connectivity index (χ1v) is 10.1. The summed E-state index contributed by atoms with van der Waals surface area (Å²) in [7, 11) is -3.01. The van der Waals surface area contributed by atoms with Gasteiger partial charge in [0.05, 0.1) is 12.4 Å². The highest BCUT2D eigenvalue weighted by atomic mass is 32.2. The summed E-state index contributed by atoms with van der Waals surface area (Å²) in [6.45, 7) is 1.18. The SMILES string of the molecule is CS(=O)(=O)CC1CCCN(C(=O)C=Cc2cc(CO)cs2)C1. The van der Waals surface area contributed by atoms with Gasteiger partial charge in [0.15, 0.2) is 0 Å². The highest BCUT2D eigenvalue weighted by Gasteiger charge is 2.25. The van der Waals surface area contributed by atoms with Crippen LogP contribution in [0.4, 0.5) is 0 Å². The first-order valence-electron chi connectivity index (χ1n) is 7.20. The van der Waals surface area contributed by atoms with Crippen LogP contribution in [0.1, 0.15) is 23.3 Å². The third-order valence-electron chi connectivity index (χ3n) is 3.62. The van der Waals surface area contributed by atoms with E-state index in [0.717, 1.165) is 23.3 Å². The Hall–Kier alpha value is -1.18.